The molecule has 1 aromatic heterocycles. The number of hydrogen-bond acceptors (Lipinski definition) is 5. The number of carbonyl (C=O) groups is 1. The van der Waals surface area contributed by atoms with E-state index in [1.165, 1.54) is 31.8 Å². The molecular formula is C17H21NO4S. The molecule has 23 heavy (non-hydrogen) atoms. The van der Waals surface area contributed by atoms with Crippen LogP contribution in [0.15, 0.2) is 23.6 Å². The van der Waals surface area contributed by atoms with E-state index in [4.69, 9.17) is 14.2 Å². The zero-order chi connectivity index (χ0) is 17.0. The Morgan fingerprint density at radius 3 is 2.17 bits per heavy atom. The van der Waals surface area contributed by atoms with Crippen molar-refractivity contribution in [3.8, 4) is 17.2 Å². The van der Waals surface area contributed by atoms with Gasteiger partial charge in [0.25, 0.3) is 5.91 Å². The van der Waals surface area contributed by atoms with Crippen LogP contribution >= 0.6 is 11.3 Å². The molecule has 1 amide bonds. The van der Waals surface area contributed by atoms with E-state index in [9.17, 15) is 4.79 Å². The van der Waals surface area contributed by atoms with Crippen LogP contribution in [-0.2, 0) is 6.54 Å². The van der Waals surface area contributed by atoms with Crippen molar-refractivity contribution in [3.05, 3.63) is 39.6 Å². The summed E-state index contributed by atoms with van der Waals surface area (Å²) in [6, 6.07) is 5.39. The first-order valence-electron chi connectivity index (χ1n) is 7.10. The molecule has 0 spiro atoms. The molecule has 2 rings (SSSR count). The predicted octanol–water partition coefficient (Wildman–Crippen LogP) is 3.35. The van der Waals surface area contributed by atoms with Crippen molar-refractivity contribution >= 4 is 17.2 Å². The number of nitrogens with zero attached hydrogens (tertiary/aromatic N) is 1. The normalized spacial score (nSPS) is 10.3. The Labute approximate surface area is 140 Å². The van der Waals surface area contributed by atoms with Crippen LogP contribution in [-0.4, -0.2) is 39.2 Å². The van der Waals surface area contributed by atoms with E-state index in [0.717, 1.165) is 0 Å². The third-order valence-corrected chi connectivity index (χ3v) is 4.62. The summed E-state index contributed by atoms with van der Waals surface area (Å²) in [5.74, 6) is 1.31. The van der Waals surface area contributed by atoms with Crippen molar-refractivity contribution in [1.82, 2.24) is 4.90 Å². The number of amides is 1. The quantitative estimate of drug-likeness (QED) is 0.812. The Hall–Kier alpha value is -2.21. The Kier molecular flexibility index (Phi) is 5.50. The zero-order valence-corrected chi connectivity index (χ0v) is 14.8. The summed E-state index contributed by atoms with van der Waals surface area (Å²) in [5.41, 5.74) is 1.69. The van der Waals surface area contributed by atoms with Crippen molar-refractivity contribution in [2.75, 3.05) is 28.4 Å². The molecule has 0 saturated heterocycles. The van der Waals surface area contributed by atoms with Crippen molar-refractivity contribution in [2.45, 2.75) is 13.5 Å². The molecule has 0 fully saturated rings. The molecular weight excluding hydrogens is 314 g/mol. The largest absolute Gasteiger partial charge is 0.493 e. The van der Waals surface area contributed by atoms with E-state index in [2.05, 4.69) is 6.07 Å². The number of carbonyl (C=O) groups excluding carboxylic acids is 1. The van der Waals surface area contributed by atoms with Crippen molar-refractivity contribution < 1.29 is 19.0 Å². The molecule has 5 nitrogen and oxygen atoms in total. The average molecular weight is 335 g/mol. The standard InChI is InChI=1S/C17H21NO4S/c1-11-6-7-23-15(11)10-18(2)17(19)12-8-13(20-3)16(22-5)14(9-12)21-4/h6-9H,10H2,1-5H3. The minimum absolute atomic E-state index is 0.1000. The van der Waals surface area contributed by atoms with Gasteiger partial charge in [-0.2, -0.15) is 0 Å². The van der Waals surface area contributed by atoms with Gasteiger partial charge >= 0.3 is 0 Å². The third kappa shape index (κ3) is 3.59. The highest BCUT2D eigenvalue weighted by Gasteiger charge is 2.20. The van der Waals surface area contributed by atoms with E-state index in [0.29, 0.717) is 29.4 Å². The number of thiophene rings is 1. The molecule has 124 valence electrons. The number of ether oxygens (including phenoxy) is 3. The lowest BCUT2D eigenvalue weighted by atomic mass is 10.1. The molecule has 0 aliphatic heterocycles. The smallest absolute Gasteiger partial charge is 0.254 e. The van der Waals surface area contributed by atoms with Gasteiger partial charge in [-0.15, -0.1) is 11.3 Å². The molecule has 0 N–H and O–H groups in total. The van der Waals surface area contributed by atoms with Gasteiger partial charge in [-0.1, -0.05) is 0 Å². The molecule has 6 heteroatoms. The van der Waals surface area contributed by atoms with Gasteiger partial charge in [-0.05, 0) is 36.1 Å². The van der Waals surface area contributed by atoms with E-state index >= 15 is 0 Å². The average Bonchev–Trinajstić information content (AvgIpc) is 2.97. The fourth-order valence-electron chi connectivity index (χ4n) is 2.28. The number of methoxy groups -OCH3 is 3. The van der Waals surface area contributed by atoms with E-state index in [1.54, 1.807) is 35.4 Å². The summed E-state index contributed by atoms with van der Waals surface area (Å²) in [6.07, 6.45) is 0. The molecule has 0 aliphatic carbocycles. The minimum Gasteiger partial charge on any atom is -0.493 e. The Morgan fingerprint density at radius 1 is 1.13 bits per heavy atom. The highest BCUT2D eigenvalue weighted by Crippen LogP contribution is 2.38. The fourth-order valence-corrected chi connectivity index (χ4v) is 3.24. The second kappa shape index (κ2) is 7.37. The van der Waals surface area contributed by atoms with Crippen LogP contribution in [0.5, 0.6) is 17.2 Å². The predicted molar refractivity (Wildman–Crippen MR) is 91.0 cm³/mol. The van der Waals surface area contributed by atoms with E-state index in [1.807, 2.05) is 12.3 Å². The van der Waals surface area contributed by atoms with Crippen LogP contribution in [0.3, 0.4) is 0 Å². The number of aryl methyl sites for hydroxylation is 1. The first-order valence-corrected chi connectivity index (χ1v) is 7.98. The molecule has 2 aromatic rings. The fraction of sp³-hybridized carbons (Fsp3) is 0.353. The SMILES string of the molecule is COc1cc(C(=O)N(C)Cc2sccc2C)cc(OC)c1OC. The van der Waals surface area contributed by atoms with E-state index in [-0.39, 0.29) is 5.91 Å². The van der Waals surface area contributed by atoms with Crippen molar-refractivity contribution in [3.63, 3.8) is 0 Å². The van der Waals surface area contributed by atoms with Gasteiger partial charge in [0.15, 0.2) is 11.5 Å². The maximum absolute atomic E-state index is 12.7. The van der Waals surface area contributed by atoms with E-state index < -0.39 is 0 Å². The molecule has 0 unspecified atom stereocenters. The lowest BCUT2D eigenvalue weighted by molar-refractivity contribution is 0.0785. The maximum Gasteiger partial charge on any atom is 0.254 e. The highest BCUT2D eigenvalue weighted by molar-refractivity contribution is 7.10. The second-order valence-electron chi connectivity index (χ2n) is 5.10. The van der Waals surface area contributed by atoms with Crippen LogP contribution in [0.4, 0.5) is 0 Å². The summed E-state index contributed by atoms with van der Waals surface area (Å²) in [5, 5.41) is 2.03. The molecule has 1 heterocycles. The van der Waals surface area contributed by atoms with Gasteiger partial charge in [0.2, 0.25) is 5.75 Å². The summed E-state index contributed by atoms with van der Waals surface area (Å²) in [6.45, 7) is 2.61. The molecule has 0 bridgehead atoms. The van der Waals surface area contributed by atoms with Crippen LogP contribution in [0, 0.1) is 6.92 Å². The van der Waals surface area contributed by atoms with Gasteiger partial charge in [0.1, 0.15) is 0 Å². The van der Waals surface area contributed by atoms with Crippen LogP contribution in [0.1, 0.15) is 20.8 Å². The maximum atomic E-state index is 12.7. The molecule has 0 saturated carbocycles. The molecule has 1 aromatic carbocycles. The molecule has 0 aliphatic rings. The summed E-state index contributed by atoms with van der Waals surface area (Å²) in [4.78, 5) is 15.6. The first kappa shape index (κ1) is 17.1. The summed E-state index contributed by atoms with van der Waals surface area (Å²) < 4.78 is 15.9. The highest BCUT2D eigenvalue weighted by atomic mass is 32.1. The number of rotatable bonds is 6. The van der Waals surface area contributed by atoms with Crippen molar-refractivity contribution in [2.24, 2.45) is 0 Å². The first-order chi connectivity index (χ1) is 11.0. The Bertz CT molecular complexity index is 671. The Morgan fingerprint density at radius 2 is 1.74 bits per heavy atom. The van der Waals surface area contributed by atoms with Crippen LogP contribution < -0.4 is 14.2 Å². The molecule has 0 radical (unpaired) electrons. The summed E-state index contributed by atoms with van der Waals surface area (Å²) >= 11 is 1.65. The van der Waals surface area contributed by atoms with Gasteiger partial charge in [-0.3, -0.25) is 4.79 Å². The van der Waals surface area contributed by atoms with Crippen molar-refractivity contribution in [1.29, 1.82) is 0 Å². The van der Waals surface area contributed by atoms with Gasteiger partial charge in [0.05, 0.1) is 27.9 Å². The van der Waals surface area contributed by atoms with Gasteiger partial charge in [-0.25, -0.2) is 0 Å². The Balaban J connectivity index is 2.29. The van der Waals surface area contributed by atoms with Crippen LogP contribution in [0.2, 0.25) is 0 Å². The number of benzene rings is 1. The van der Waals surface area contributed by atoms with Gasteiger partial charge in [0, 0.05) is 17.5 Å². The lowest BCUT2D eigenvalue weighted by Crippen LogP contribution is -2.26. The topological polar surface area (TPSA) is 48.0 Å². The zero-order valence-electron chi connectivity index (χ0n) is 14.0. The van der Waals surface area contributed by atoms with Gasteiger partial charge < -0.3 is 19.1 Å². The monoisotopic (exact) mass is 335 g/mol. The number of hydrogen-bond donors (Lipinski definition) is 0. The molecule has 0 atom stereocenters. The second-order valence-corrected chi connectivity index (χ2v) is 6.10. The van der Waals surface area contributed by atoms with Crippen LogP contribution in [0.25, 0.3) is 0 Å². The minimum atomic E-state index is -0.1000. The third-order valence-electron chi connectivity index (χ3n) is 3.61. The lowest BCUT2D eigenvalue weighted by Gasteiger charge is -2.19. The summed E-state index contributed by atoms with van der Waals surface area (Å²) in [7, 11) is 6.38.